The molecule has 0 fully saturated rings. The lowest BCUT2D eigenvalue weighted by atomic mass is 9.84. The van der Waals surface area contributed by atoms with Crippen molar-refractivity contribution in [2.45, 2.75) is 33.1 Å². The Morgan fingerprint density at radius 2 is 1.10 bits per heavy atom. The Balaban J connectivity index is 1.59. The standard InChI is InChI=1S/C34H38O5/c1-23-20-29(35-4)25(3)34(24(23)2)39-19-13-18-38-30-22-32(37-6)31(36-5)21-28(30)33(26-14-9-7-10-15-26)27-16-11-8-12-17-27/h7-12,14-17,20-22,33H,13,18-19H2,1-6H3. The van der Waals surface area contributed by atoms with Gasteiger partial charge in [-0.25, -0.2) is 0 Å². The lowest BCUT2D eigenvalue weighted by Gasteiger charge is -2.24. The summed E-state index contributed by atoms with van der Waals surface area (Å²) in [5.41, 5.74) is 6.64. The van der Waals surface area contributed by atoms with Crippen molar-refractivity contribution in [2.24, 2.45) is 0 Å². The van der Waals surface area contributed by atoms with E-state index in [0.29, 0.717) is 31.1 Å². The predicted octanol–water partition coefficient (Wildman–Crippen LogP) is 7.67. The second-order valence-corrected chi connectivity index (χ2v) is 9.52. The zero-order valence-electron chi connectivity index (χ0n) is 23.7. The number of ether oxygens (including phenoxy) is 5. The van der Waals surface area contributed by atoms with Crippen molar-refractivity contribution in [1.82, 2.24) is 0 Å². The van der Waals surface area contributed by atoms with Crippen molar-refractivity contribution in [3.63, 3.8) is 0 Å². The van der Waals surface area contributed by atoms with E-state index in [2.05, 4.69) is 68.4 Å². The molecule has 0 N–H and O–H groups in total. The van der Waals surface area contributed by atoms with Crippen LogP contribution in [0.4, 0.5) is 0 Å². The van der Waals surface area contributed by atoms with Gasteiger partial charge in [-0.05, 0) is 55.2 Å². The molecule has 0 atom stereocenters. The van der Waals surface area contributed by atoms with Crippen LogP contribution in [0.25, 0.3) is 0 Å². The van der Waals surface area contributed by atoms with E-state index in [4.69, 9.17) is 23.7 Å². The van der Waals surface area contributed by atoms with Crippen molar-refractivity contribution < 1.29 is 23.7 Å². The lowest BCUT2D eigenvalue weighted by Crippen LogP contribution is -2.11. The van der Waals surface area contributed by atoms with Crippen LogP contribution in [0, 0.1) is 20.8 Å². The Bertz CT molecular complexity index is 1330. The Hall–Kier alpha value is -4.12. The van der Waals surface area contributed by atoms with Gasteiger partial charge in [-0.15, -0.1) is 0 Å². The van der Waals surface area contributed by atoms with Gasteiger partial charge in [0.05, 0.1) is 34.5 Å². The number of rotatable bonds is 12. The smallest absolute Gasteiger partial charge is 0.164 e. The first kappa shape index (κ1) is 27.9. The Kier molecular flexibility index (Phi) is 9.37. The van der Waals surface area contributed by atoms with Gasteiger partial charge in [-0.2, -0.15) is 0 Å². The second-order valence-electron chi connectivity index (χ2n) is 9.52. The summed E-state index contributed by atoms with van der Waals surface area (Å²) >= 11 is 0. The Morgan fingerprint density at radius 3 is 1.67 bits per heavy atom. The van der Waals surface area contributed by atoms with E-state index < -0.39 is 0 Å². The molecule has 204 valence electrons. The summed E-state index contributed by atoms with van der Waals surface area (Å²) in [6, 6.07) is 26.9. The van der Waals surface area contributed by atoms with Crippen molar-refractivity contribution in [3.05, 3.63) is 112 Å². The first-order valence-electron chi connectivity index (χ1n) is 13.2. The summed E-state index contributed by atoms with van der Waals surface area (Å²) in [4.78, 5) is 0. The van der Waals surface area contributed by atoms with E-state index in [9.17, 15) is 0 Å². The van der Waals surface area contributed by atoms with Gasteiger partial charge in [0, 0.05) is 29.5 Å². The molecule has 4 rings (SSSR count). The van der Waals surface area contributed by atoms with Gasteiger partial charge in [0.25, 0.3) is 0 Å². The van der Waals surface area contributed by atoms with Gasteiger partial charge < -0.3 is 23.7 Å². The first-order chi connectivity index (χ1) is 19.0. The summed E-state index contributed by atoms with van der Waals surface area (Å²) < 4.78 is 29.5. The van der Waals surface area contributed by atoms with Crippen molar-refractivity contribution >= 4 is 0 Å². The third-order valence-electron chi connectivity index (χ3n) is 7.10. The van der Waals surface area contributed by atoms with Crippen molar-refractivity contribution in [1.29, 1.82) is 0 Å². The lowest BCUT2D eigenvalue weighted by molar-refractivity contribution is 0.242. The van der Waals surface area contributed by atoms with Gasteiger partial charge in [-0.3, -0.25) is 0 Å². The number of methoxy groups -OCH3 is 3. The van der Waals surface area contributed by atoms with E-state index in [1.807, 2.05) is 31.2 Å². The molecule has 0 heterocycles. The van der Waals surface area contributed by atoms with Gasteiger partial charge in [-0.1, -0.05) is 60.7 Å². The number of hydrogen-bond donors (Lipinski definition) is 0. The normalized spacial score (nSPS) is 10.8. The highest BCUT2D eigenvalue weighted by atomic mass is 16.5. The maximum Gasteiger partial charge on any atom is 0.164 e. The third-order valence-corrected chi connectivity index (χ3v) is 7.10. The fraction of sp³-hybridized carbons (Fsp3) is 0.294. The molecule has 0 aliphatic carbocycles. The third kappa shape index (κ3) is 6.31. The highest BCUT2D eigenvalue weighted by Crippen LogP contribution is 2.43. The molecule has 0 aliphatic rings. The first-order valence-corrected chi connectivity index (χ1v) is 13.2. The van der Waals surface area contributed by atoms with Crippen LogP contribution in [0.2, 0.25) is 0 Å². The van der Waals surface area contributed by atoms with E-state index in [0.717, 1.165) is 39.5 Å². The van der Waals surface area contributed by atoms with Gasteiger partial charge in [0.2, 0.25) is 0 Å². The van der Waals surface area contributed by atoms with E-state index >= 15 is 0 Å². The van der Waals surface area contributed by atoms with Gasteiger partial charge >= 0.3 is 0 Å². The van der Waals surface area contributed by atoms with Gasteiger partial charge in [0.1, 0.15) is 17.2 Å². The van der Waals surface area contributed by atoms with E-state index in [1.165, 1.54) is 11.1 Å². The quantitative estimate of drug-likeness (QED) is 0.140. The number of benzene rings is 4. The molecule has 5 nitrogen and oxygen atoms in total. The maximum atomic E-state index is 6.43. The highest BCUT2D eigenvalue weighted by Gasteiger charge is 2.23. The predicted molar refractivity (Wildman–Crippen MR) is 156 cm³/mol. The molecule has 0 saturated carbocycles. The molecule has 0 aromatic heterocycles. The van der Waals surface area contributed by atoms with Crippen molar-refractivity contribution in [2.75, 3.05) is 34.5 Å². The summed E-state index contributed by atoms with van der Waals surface area (Å²) in [7, 11) is 4.99. The molecular weight excluding hydrogens is 488 g/mol. The molecule has 0 bridgehead atoms. The van der Waals surface area contributed by atoms with Crippen molar-refractivity contribution in [3.8, 4) is 28.7 Å². The Morgan fingerprint density at radius 1 is 0.564 bits per heavy atom. The van der Waals surface area contributed by atoms with Crippen LogP contribution >= 0.6 is 0 Å². The minimum absolute atomic E-state index is 0.0384. The summed E-state index contributed by atoms with van der Waals surface area (Å²) in [5.74, 6) is 3.74. The van der Waals surface area contributed by atoms with Crippen LogP contribution < -0.4 is 23.7 Å². The molecule has 5 heteroatoms. The highest BCUT2D eigenvalue weighted by molar-refractivity contribution is 5.57. The van der Waals surface area contributed by atoms with E-state index in [1.54, 1.807) is 21.3 Å². The molecule has 0 radical (unpaired) electrons. The fourth-order valence-electron chi connectivity index (χ4n) is 4.90. The summed E-state index contributed by atoms with van der Waals surface area (Å²) in [6.45, 7) is 7.19. The minimum atomic E-state index is -0.0384. The molecule has 39 heavy (non-hydrogen) atoms. The van der Waals surface area contributed by atoms with Crippen LogP contribution in [-0.4, -0.2) is 34.5 Å². The van der Waals surface area contributed by atoms with Crippen LogP contribution in [0.3, 0.4) is 0 Å². The molecular formula is C34H38O5. The van der Waals surface area contributed by atoms with Crippen LogP contribution in [-0.2, 0) is 0 Å². The van der Waals surface area contributed by atoms with Crippen LogP contribution in [0.5, 0.6) is 28.7 Å². The Labute approximate surface area is 232 Å². The van der Waals surface area contributed by atoms with Crippen LogP contribution in [0.15, 0.2) is 78.9 Å². The van der Waals surface area contributed by atoms with E-state index in [-0.39, 0.29) is 5.92 Å². The maximum absolute atomic E-state index is 6.43. The molecule has 4 aromatic carbocycles. The zero-order valence-corrected chi connectivity index (χ0v) is 23.7. The largest absolute Gasteiger partial charge is 0.496 e. The fourth-order valence-corrected chi connectivity index (χ4v) is 4.90. The summed E-state index contributed by atoms with van der Waals surface area (Å²) in [5, 5.41) is 0. The minimum Gasteiger partial charge on any atom is -0.496 e. The second kappa shape index (κ2) is 13.1. The average Bonchev–Trinajstić information content (AvgIpc) is 2.97. The molecule has 0 spiro atoms. The molecule has 0 amide bonds. The molecule has 0 unspecified atom stereocenters. The molecule has 4 aromatic rings. The topological polar surface area (TPSA) is 46.2 Å². The number of hydrogen-bond acceptors (Lipinski definition) is 5. The number of aryl methyl sites for hydroxylation is 1. The van der Waals surface area contributed by atoms with Gasteiger partial charge in [0.15, 0.2) is 11.5 Å². The molecule has 0 saturated heterocycles. The summed E-state index contributed by atoms with van der Waals surface area (Å²) in [6.07, 6.45) is 0.713. The average molecular weight is 527 g/mol. The molecule has 0 aliphatic heterocycles. The van der Waals surface area contributed by atoms with Crippen LogP contribution in [0.1, 0.15) is 45.7 Å². The zero-order chi connectivity index (χ0) is 27.8. The SMILES string of the molecule is COc1cc(OCCCOc2c(C)c(C)cc(OC)c2C)c(C(c2ccccc2)c2ccccc2)cc1OC. The monoisotopic (exact) mass is 526 g/mol.